The van der Waals surface area contributed by atoms with Crippen LogP contribution in [0.1, 0.15) is 37.7 Å². The van der Waals surface area contributed by atoms with Crippen LogP contribution < -0.4 is 0 Å². The van der Waals surface area contributed by atoms with Crippen molar-refractivity contribution < 1.29 is 0 Å². The minimum atomic E-state index is -0.236. The SMILES string of the molecule is N#C[C@@]1(c2ccccc2)CCN2CCCC[C@H]2C1. The molecule has 2 fully saturated rings. The van der Waals surface area contributed by atoms with Gasteiger partial charge in [-0.25, -0.2) is 0 Å². The summed E-state index contributed by atoms with van der Waals surface area (Å²) in [5, 5.41) is 9.72. The van der Waals surface area contributed by atoms with Gasteiger partial charge >= 0.3 is 0 Å². The van der Waals surface area contributed by atoms with Gasteiger partial charge in [0.05, 0.1) is 11.5 Å². The molecule has 0 unspecified atom stereocenters. The zero-order chi connectivity index (χ0) is 12.4. The second kappa shape index (κ2) is 4.74. The second-order valence-corrected chi connectivity index (χ2v) is 5.70. The summed E-state index contributed by atoms with van der Waals surface area (Å²) in [7, 11) is 0. The summed E-state index contributed by atoms with van der Waals surface area (Å²) in [6.07, 6.45) is 5.95. The van der Waals surface area contributed by atoms with Crippen molar-refractivity contribution >= 4 is 0 Å². The van der Waals surface area contributed by atoms with E-state index in [4.69, 9.17) is 0 Å². The van der Waals surface area contributed by atoms with Crippen LogP contribution in [-0.2, 0) is 5.41 Å². The van der Waals surface area contributed by atoms with Crippen LogP contribution in [0.4, 0.5) is 0 Å². The van der Waals surface area contributed by atoms with Crippen LogP contribution in [0.15, 0.2) is 30.3 Å². The monoisotopic (exact) mass is 240 g/mol. The molecule has 0 aromatic heterocycles. The Bertz CT molecular complexity index is 448. The molecule has 2 heterocycles. The van der Waals surface area contributed by atoms with E-state index in [1.807, 2.05) is 6.07 Å². The zero-order valence-electron chi connectivity index (χ0n) is 10.8. The Morgan fingerprint density at radius 1 is 1.17 bits per heavy atom. The van der Waals surface area contributed by atoms with E-state index >= 15 is 0 Å². The number of hydrogen-bond acceptors (Lipinski definition) is 2. The van der Waals surface area contributed by atoms with Gasteiger partial charge in [-0.05, 0) is 37.8 Å². The molecule has 94 valence electrons. The van der Waals surface area contributed by atoms with Crippen LogP contribution >= 0.6 is 0 Å². The summed E-state index contributed by atoms with van der Waals surface area (Å²) < 4.78 is 0. The maximum absolute atomic E-state index is 9.72. The largest absolute Gasteiger partial charge is 0.300 e. The van der Waals surface area contributed by atoms with Crippen LogP contribution in [-0.4, -0.2) is 24.0 Å². The summed E-state index contributed by atoms with van der Waals surface area (Å²) in [5.74, 6) is 0. The van der Waals surface area contributed by atoms with Crippen LogP contribution in [0.3, 0.4) is 0 Å². The van der Waals surface area contributed by atoms with Gasteiger partial charge in [0.1, 0.15) is 0 Å². The lowest BCUT2D eigenvalue weighted by Gasteiger charge is -2.46. The van der Waals surface area contributed by atoms with E-state index in [1.165, 1.54) is 31.4 Å². The Kier molecular flexibility index (Phi) is 3.09. The van der Waals surface area contributed by atoms with E-state index in [-0.39, 0.29) is 5.41 Å². The first-order valence-electron chi connectivity index (χ1n) is 7.05. The lowest BCUT2D eigenvalue weighted by Crippen LogP contribution is -2.50. The predicted octanol–water partition coefficient (Wildman–Crippen LogP) is 3.10. The van der Waals surface area contributed by atoms with Gasteiger partial charge in [0.25, 0.3) is 0 Å². The Labute approximate surface area is 109 Å². The highest BCUT2D eigenvalue weighted by molar-refractivity contribution is 5.33. The minimum Gasteiger partial charge on any atom is -0.300 e. The second-order valence-electron chi connectivity index (χ2n) is 5.70. The van der Waals surface area contributed by atoms with Gasteiger partial charge in [0, 0.05) is 12.6 Å². The van der Waals surface area contributed by atoms with Crippen LogP contribution in [0.25, 0.3) is 0 Å². The highest BCUT2D eigenvalue weighted by Gasteiger charge is 2.41. The maximum atomic E-state index is 9.72. The molecule has 0 N–H and O–H groups in total. The molecule has 2 heteroatoms. The standard InChI is InChI=1S/C16H20N2/c17-13-16(14-6-2-1-3-7-14)9-11-18-10-5-4-8-15(18)12-16/h1-3,6-7,15H,4-5,8-12H2/t15-,16+/m0/s1. The van der Waals surface area contributed by atoms with Gasteiger partial charge in [-0.2, -0.15) is 5.26 Å². The maximum Gasteiger partial charge on any atom is 0.0849 e. The van der Waals surface area contributed by atoms with E-state index in [1.54, 1.807) is 0 Å². The first-order valence-corrected chi connectivity index (χ1v) is 7.05. The smallest absolute Gasteiger partial charge is 0.0849 e. The topological polar surface area (TPSA) is 27.0 Å². The number of rotatable bonds is 1. The quantitative estimate of drug-likeness (QED) is 0.754. The Morgan fingerprint density at radius 3 is 2.78 bits per heavy atom. The van der Waals surface area contributed by atoms with Crippen molar-refractivity contribution in [1.82, 2.24) is 4.90 Å². The summed E-state index contributed by atoms with van der Waals surface area (Å²) in [4.78, 5) is 2.60. The molecule has 2 saturated heterocycles. The molecule has 1 aromatic carbocycles. The molecule has 0 aliphatic carbocycles. The number of piperidine rings is 2. The van der Waals surface area contributed by atoms with Crippen molar-refractivity contribution in [1.29, 1.82) is 5.26 Å². The normalized spacial score (nSPS) is 32.5. The van der Waals surface area contributed by atoms with Crippen molar-refractivity contribution in [3.63, 3.8) is 0 Å². The van der Waals surface area contributed by atoms with E-state index in [0.717, 1.165) is 19.4 Å². The Morgan fingerprint density at radius 2 is 2.00 bits per heavy atom. The Balaban J connectivity index is 1.88. The zero-order valence-corrected chi connectivity index (χ0v) is 10.8. The molecule has 2 aliphatic heterocycles. The molecule has 0 radical (unpaired) electrons. The Hall–Kier alpha value is -1.33. The first-order chi connectivity index (χ1) is 8.84. The van der Waals surface area contributed by atoms with E-state index in [2.05, 4.69) is 35.2 Å². The van der Waals surface area contributed by atoms with Crippen LogP contribution in [0, 0.1) is 11.3 Å². The van der Waals surface area contributed by atoms with Gasteiger partial charge in [-0.1, -0.05) is 36.8 Å². The fourth-order valence-electron chi connectivity index (χ4n) is 3.61. The van der Waals surface area contributed by atoms with E-state index in [9.17, 15) is 5.26 Å². The van der Waals surface area contributed by atoms with Crippen LogP contribution in [0.2, 0.25) is 0 Å². The molecule has 1 aromatic rings. The third-order valence-electron chi connectivity index (χ3n) is 4.70. The van der Waals surface area contributed by atoms with Gasteiger partial charge in [-0.15, -0.1) is 0 Å². The third-order valence-corrected chi connectivity index (χ3v) is 4.70. The van der Waals surface area contributed by atoms with Gasteiger partial charge in [-0.3, -0.25) is 0 Å². The van der Waals surface area contributed by atoms with Crippen molar-refractivity contribution in [2.24, 2.45) is 0 Å². The minimum absolute atomic E-state index is 0.236. The molecule has 0 spiro atoms. The lowest BCUT2D eigenvalue weighted by molar-refractivity contribution is 0.0798. The van der Waals surface area contributed by atoms with E-state index < -0.39 is 0 Å². The number of benzene rings is 1. The number of fused-ring (bicyclic) bond motifs is 1. The molecular formula is C16H20N2. The summed E-state index contributed by atoms with van der Waals surface area (Å²) >= 11 is 0. The van der Waals surface area contributed by atoms with Gasteiger partial charge in [0.15, 0.2) is 0 Å². The average Bonchev–Trinajstić information content (AvgIpc) is 2.47. The lowest BCUT2D eigenvalue weighted by atomic mass is 9.70. The number of hydrogen-bond donors (Lipinski definition) is 0. The van der Waals surface area contributed by atoms with E-state index in [0.29, 0.717) is 6.04 Å². The average molecular weight is 240 g/mol. The van der Waals surface area contributed by atoms with Crippen LogP contribution in [0.5, 0.6) is 0 Å². The summed E-state index contributed by atoms with van der Waals surface area (Å²) in [5.41, 5.74) is 0.984. The van der Waals surface area contributed by atoms with Crippen molar-refractivity contribution in [3.05, 3.63) is 35.9 Å². The molecule has 2 aliphatic rings. The molecule has 18 heavy (non-hydrogen) atoms. The molecule has 3 rings (SSSR count). The summed E-state index contributed by atoms with van der Waals surface area (Å²) in [6, 6.07) is 13.7. The predicted molar refractivity (Wildman–Crippen MR) is 72.2 cm³/mol. The van der Waals surface area contributed by atoms with Crippen molar-refractivity contribution in [2.75, 3.05) is 13.1 Å². The highest BCUT2D eigenvalue weighted by Crippen LogP contribution is 2.40. The first kappa shape index (κ1) is 11.7. The fourth-order valence-corrected chi connectivity index (χ4v) is 3.61. The highest BCUT2D eigenvalue weighted by atomic mass is 15.2. The molecule has 0 saturated carbocycles. The van der Waals surface area contributed by atoms with Crippen molar-refractivity contribution in [2.45, 2.75) is 43.6 Å². The van der Waals surface area contributed by atoms with Gasteiger partial charge in [0.2, 0.25) is 0 Å². The number of nitrogens with zero attached hydrogens (tertiary/aromatic N) is 2. The molecule has 0 bridgehead atoms. The molecule has 2 nitrogen and oxygen atoms in total. The van der Waals surface area contributed by atoms with Gasteiger partial charge < -0.3 is 4.90 Å². The van der Waals surface area contributed by atoms with Crippen molar-refractivity contribution in [3.8, 4) is 6.07 Å². The third kappa shape index (κ3) is 1.93. The summed E-state index contributed by atoms with van der Waals surface area (Å²) in [6.45, 7) is 2.33. The fraction of sp³-hybridized carbons (Fsp3) is 0.562. The molecular weight excluding hydrogens is 220 g/mol. The molecule has 2 atom stereocenters. The number of nitriles is 1. The molecule has 0 amide bonds.